The van der Waals surface area contributed by atoms with Gasteiger partial charge in [-0.3, -0.25) is 9.67 Å². The van der Waals surface area contributed by atoms with Gasteiger partial charge in [-0.05, 0) is 12.1 Å². The molecule has 2 aromatic heterocycles. The molecule has 0 N–H and O–H groups in total. The number of alkyl halides is 3. The van der Waals surface area contributed by atoms with Crippen molar-refractivity contribution < 1.29 is 13.2 Å². The monoisotopic (exact) mass is 302 g/mol. The average molecular weight is 302 g/mol. The molecule has 2 heterocycles. The van der Waals surface area contributed by atoms with Crippen molar-refractivity contribution in [1.29, 1.82) is 5.26 Å². The molecule has 3 rings (SSSR count). The van der Waals surface area contributed by atoms with E-state index >= 15 is 0 Å². The van der Waals surface area contributed by atoms with Gasteiger partial charge in [-0.15, -0.1) is 0 Å². The number of rotatable bonds is 1. The molecule has 0 bridgehead atoms. The van der Waals surface area contributed by atoms with E-state index in [1.165, 1.54) is 13.2 Å². The molecule has 22 heavy (non-hydrogen) atoms. The molecule has 0 aliphatic carbocycles. The maximum Gasteiger partial charge on any atom is 0.435 e. The number of aryl methyl sites for hydroxylation is 1. The van der Waals surface area contributed by atoms with Gasteiger partial charge in [-0.25, -0.2) is 0 Å². The van der Waals surface area contributed by atoms with Gasteiger partial charge in [0.15, 0.2) is 5.69 Å². The van der Waals surface area contributed by atoms with E-state index in [1.54, 1.807) is 36.4 Å². The van der Waals surface area contributed by atoms with Crippen molar-refractivity contribution in [3.8, 4) is 17.2 Å². The summed E-state index contributed by atoms with van der Waals surface area (Å²) in [5.74, 6) is 0. The molecule has 0 radical (unpaired) electrons. The van der Waals surface area contributed by atoms with Crippen molar-refractivity contribution >= 4 is 10.9 Å². The Bertz CT molecular complexity index is 903. The van der Waals surface area contributed by atoms with Crippen LogP contribution >= 0.6 is 0 Å². The zero-order valence-corrected chi connectivity index (χ0v) is 11.4. The van der Waals surface area contributed by atoms with E-state index in [2.05, 4.69) is 10.1 Å². The summed E-state index contributed by atoms with van der Waals surface area (Å²) in [7, 11) is 1.31. The van der Waals surface area contributed by atoms with Crippen LogP contribution in [0.4, 0.5) is 13.2 Å². The van der Waals surface area contributed by atoms with E-state index in [4.69, 9.17) is 5.26 Å². The Balaban J connectivity index is 2.32. The summed E-state index contributed by atoms with van der Waals surface area (Å²) in [6, 6.07) is 10.4. The summed E-state index contributed by atoms with van der Waals surface area (Å²) in [5, 5.41) is 13.3. The van der Waals surface area contributed by atoms with Crippen LogP contribution in [0.1, 0.15) is 11.4 Å². The van der Waals surface area contributed by atoms with E-state index in [1.807, 2.05) is 0 Å². The minimum Gasteiger partial charge on any atom is -0.257 e. The van der Waals surface area contributed by atoms with E-state index in [9.17, 15) is 13.2 Å². The Hall–Kier alpha value is -2.88. The lowest BCUT2D eigenvalue weighted by atomic mass is 10.0. The molecule has 0 aliphatic rings. The van der Waals surface area contributed by atoms with Gasteiger partial charge in [0.2, 0.25) is 0 Å². The molecule has 110 valence electrons. The molecular weight excluding hydrogens is 293 g/mol. The summed E-state index contributed by atoms with van der Waals surface area (Å²) >= 11 is 0. The summed E-state index contributed by atoms with van der Waals surface area (Å²) in [6.07, 6.45) is -3.32. The number of fused-ring (bicyclic) bond motifs is 1. The Labute approximate surface area is 123 Å². The summed E-state index contributed by atoms with van der Waals surface area (Å²) < 4.78 is 40.5. The van der Waals surface area contributed by atoms with Crippen molar-refractivity contribution in [2.75, 3.05) is 0 Å². The number of pyridine rings is 1. The van der Waals surface area contributed by atoms with E-state index in [-0.39, 0.29) is 16.8 Å². The molecule has 0 amide bonds. The van der Waals surface area contributed by atoms with Crippen LogP contribution in [-0.2, 0) is 13.2 Å². The third kappa shape index (κ3) is 2.19. The highest BCUT2D eigenvalue weighted by Crippen LogP contribution is 2.38. The van der Waals surface area contributed by atoms with Gasteiger partial charge in [0, 0.05) is 24.2 Å². The predicted octanol–water partition coefficient (Wildman–Crippen LogP) is 3.53. The van der Waals surface area contributed by atoms with Crippen LogP contribution in [0.15, 0.2) is 36.5 Å². The Kier molecular flexibility index (Phi) is 3.10. The zero-order valence-electron chi connectivity index (χ0n) is 11.4. The van der Waals surface area contributed by atoms with Crippen molar-refractivity contribution in [1.82, 2.24) is 14.8 Å². The minimum absolute atomic E-state index is 0.149. The summed E-state index contributed by atoms with van der Waals surface area (Å²) in [5.41, 5.74) is -0.582. The van der Waals surface area contributed by atoms with Crippen LogP contribution in [0, 0.1) is 11.3 Å². The number of hydrogen-bond donors (Lipinski definition) is 0. The number of nitrogens with zero attached hydrogens (tertiary/aromatic N) is 4. The summed E-state index contributed by atoms with van der Waals surface area (Å²) in [6.45, 7) is 0. The van der Waals surface area contributed by atoms with Crippen molar-refractivity contribution in [3.63, 3.8) is 0 Å². The third-order valence-electron chi connectivity index (χ3n) is 3.30. The average Bonchev–Trinajstić information content (AvgIpc) is 2.83. The van der Waals surface area contributed by atoms with E-state index < -0.39 is 11.9 Å². The first-order valence-electron chi connectivity index (χ1n) is 6.31. The standard InChI is InChI=1S/C15H9F3N4/c1-22-12(7-19)13(14(21-22)15(16,17)18)10-6-9-4-2-3-5-11(9)20-8-10/h2-6,8H,1H3. The fraction of sp³-hybridized carbons (Fsp3) is 0.133. The second kappa shape index (κ2) is 4.84. The SMILES string of the molecule is Cn1nc(C(F)(F)F)c(-c2cnc3ccccc3c2)c1C#N. The van der Waals surface area contributed by atoms with Crippen molar-refractivity contribution in [2.24, 2.45) is 7.05 Å². The van der Waals surface area contributed by atoms with Crippen LogP contribution in [0.2, 0.25) is 0 Å². The van der Waals surface area contributed by atoms with Gasteiger partial charge in [-0.1, -0.05) is 18.2 Å². The second-order valence-corrected chi connectivity index (χ2v) is 4.72. The molecular formula is C15H9F3N4. The lowest BCUT2D eigenvalue weighted by molar-refractivity contribution is -0.140. The number of nitriles is 1. The molecule has 0 spiro atoms. The quantitative estimate of drug-likeness (QED) is 0.691. The molecule has 0 saturated heterocycles. The molecule has 0 atom stereocenters. The van der Waals surface area contributed by atoms with Crippen LogP contribution in [0.5, 0.6) is 0 Å². The predicted molar refractivity (Wildman–Crippen MR) is 73.7 cm³/mol. The van der Waals surface area contributed by atoms with Gasteiger partial charge >= 0.3 is 6.18 Å². The smallest absolute Gasteiger partial charge is 0.257 e. The fourth-order valence-electron chi connectivity index (χ4n) is 2.33. The first-order chi connectivity index (χ1) is 10.4. The highest BCUT2D eigenvalue weighted by Gasteiger charge is 2.39. The van der Waals surface area contributed by atoms with Crippen LogP contribution in [0.25, 0.3) is 22.0 Å². The summed E-state index contributed by atoms with van der Waals surface area (Å²) in [4.78, 5) is 4.15. The van der Waals surface area contributed by atoms with Gasteiger partial charge < -0.3 is 0 Å². The van der Waals surface area contributed by atoms with Gasteiger partial charge in [0.1, 0.15) is 11.8 Å². The van der Waals surface area contributed by atoms with Gasteiger partial charge in [-0.2, -0.15) is 23.5 Å². The highest BCUT2D eigenvalue weighted by atomic mass is 19.4. The molecule has 0 aliphatic heterocycles. The maximum atomic E-state index is 13.2. The van der Waals surface area contributed by atoms with E-state index in [0.29, 0.717) is 10.9 Å². The zero-order chi connectivity index (χ0) is 15.9. The maximum absolute atomic E-state index is 13.2. The van der Waals surface area contributed by atoms with Crippen molar-refractivity contribution in [3.05, 3.63) is 47.9 Å². The molecule has 0 saturated carbocycles. The Morgan fingerprint density at radius 2 is 1.95 bits per heavy atom. The number of halogens is 3. The third-order valence-corrected chi connectivity index (χ3v) is 3.30. The highest BCUT2D eigenvalue weighted by molar-refractivity contribution is 5.85. The first kappa shape index (κ1) is 14.1. The first-order valence-corrected chi connectivity index (χ1v) is 6.31. The Morgan fingerprint density at radius 1 is 1.23 bits per heavy atom. The molecule has 3 aromatic rings. The van der Waals surface area contributed by atoms with Crippen molar-refractivity contribution in [2.45, 2.75) is 6.18 Å². The van der Waals surface area contributed by atoms with Crippen LogP contribution < -0.4 is 0 Å². The minimum atomic E-state index is -4.65. The molecule has 7 heteroatoms. The molecule has 0 unspecified atom stereocenters. The number of benzene rings is 1. The number of para-hydroxylation sites is 1. The molecule has 1 aromatic carbocycles. The molecule has 0 fully saturated rings. The fourth-order valence-corrected chi connectivity index (χ4v) is 2.33. The normalized spacial score (nSPS) is 11.6. The number of hydrogen-bond acceptors (Lipinski definition) is 3. The second-order valence-electron chi connectivity index (χ2n) is 4.72. The lowest BCUT2D eigenvalue weighted by Crippen LogP contribution is -2.08. The van der Waals surface area contributed by atoms with Gasteiger partial charge in [0.05, 0.1) is 11.1 Å². The van der Waals surface area contributed by atoms with Gasteiger partial charge in [0.25, 0.3) is 0 Å². The largest absolute Gasteiger partial charge is 0.435 e. The van der Waals surface area contributed by atoms with E-state index in [0.717, 1.165) is 4.68 Å². The number of aromatic nitrogens is 3. The topological polar surface area (TPSA) is 54.5 Å². The van der Waals surface area contributed by atoms with Crippen LogP contribution in [-0.4, -0.2) is 14.8 Å². The molecule has 4 nitrogen and oxygen atoms in total. The Morgan fingerprint density at radius 3 is 2.64 bits per heavy atom. The van der Waals surface area contributed by atoms with Crippen LogP contribution in [0.3, 0.4) is 0 Å². The lowest BCUT2D eigenvalue weighted by Gasteiger charge is -2.07.